The van der Waals surface area contributed by atoms with E-state index < -0.39 is 0 Å². The summed E-state index contributed by atoms with van der Waals surface area (Å²) < 4.78 is 0. The van der Waals surface area contributed by atoms with Crippen LogP contribution in [0, 0.1) is 0 Å². The van der Waals surface area contributed by atoms with E-state index in [4.69, 9.17) is 0 Å². The molecule has 0 bridgehead atoms. The third-order valence-corrected chi connectivity index (χ3v) is 1.53. The minimum atomic E-state index is -0.0932. The van der Waals surface area contributed by atoms with Gasteiger partial charge < -0.3 is 0 Å². The molecule has 0 saturated carbocycles. The number of benzene rings is 1. The first kappa shape index (κ1) is 9.45. The van der Waals surface area contributed by atoms with E-state index in [0.717, 1.165) is 5.56 Å². The van der Waals surface area contributed by atoms with Crippen LogP contribution < -0.4 is 5.43 Å². The van der Waals surface area contributed by atoms with Crippen molar-refractivity contribution < 1.29 is 4.79 Å². The van der Waals surface area contributed by atoms with Crippen LogP contribution >= 0.6 is 0 Å². The van der Waals surface area contributed by atoms with E-state index in [1.54, 1.807) is 13.1 Å². The van der Waals surface area contributed by atoms with E-state index in [9.17, 15) is 4.79 Å². The van der Waals surface area contributed by atoms with Crippen molar-refractivity contribution in [3.8, 4) is 0 Å². The van der Waals surface area contributed by atoms with Crippen molar-refractivity contribution in [2.75, 3.05) is 0 Å². The molecule has 68 valence electrons. The Morgan fingerprint density at radius 2 is 2.15 bits per heavy atom. The second-order valence-corrected chi connectivity index (χ2v) is 2.58. The molecule has 0 saturated heterocycles. The quantitative estimate of drug-likeness (QED) is 0.548. The smallest absolute Gasteiger partial charge is 0.244 e. The number of hydrogen-bond acceptors (Lipinski definition) is 2. The number of carbonyl (C=O) groups is 1. The van der Waals surface area contributed by atoms with Gasteiger partial charge in [-0.15, -0.1) is 0 Å². The highest BCUT2D eigenvalue weighted by atomic mass is 16.2. The Kier molecular flexibility index (Phi) is 3.70. The van der Waals surface area contributed by atoms with Crippen LogP contribution in [0.1, 0.15) is 12.5 Å². The van der Waals surface area contributed by atoms with Crippen molar-refractivity contribution in [2.24, 2.45) is 5.10 Å². The van der Waals surface area contributed by atoms with Gasteiger partial charge in [-0.3, -0.25) is 4.79 Å². The van der Waals surface area contributed by atoms with Crippen molar-refractivity contribution in [3.05, 3.63) is 35.9 Å². The second-order valence-electron chi connectivity index (χ2n) is 2.58. The maximum absolute atomic E-state index is 11.1. The van der Waals surface area contributed by atoms with Crippen LogP contribution in [0.2, 0.25) is 0 Å². The minimum Gasteiger partial charge on any atom is -0.273 e. The molecule has 0 heterocycles. The number of nitrogens with one attached hydrogen (secondary N) is 1. The normalized spacial score (nSPS) is 10.2. The number of rotatable bonds is 3. The van der Waals surface area contributed by atoms with Crippen LogP contribution in [-0.2, 0) is 11.2 Å². The van der Waals surface area contributed by atoms with Gasteiger partial charge in [0.1, 0.15) is 0 Å². The van der Waals surface area contributed by atoms with Crippen LogP contribution in [0.15, 0.2) is 35.4 Å². The summed E-state index contributed by atoms with van der Waals surface area (Å²) in [5.74, 6) is -0.0932. The van der Waals surface area contributed by atoms with Gasteiger partial charge in [0.05, 0.1) is 6.42 Å². The summed E-state index contributed by atoms with van der Waals surface area (Å²) in [6, 6.07) is 9.56. The number of hydrogen-bond donors (Lipinski definition) is 1. The number of amides is 1. The molecule has 0 fully saturated rings. The zero-order valence-electron chi connectivity index (χ0n) is 7.53. The van der Waals surface area contributed by atoms with Gasteiger partial charge in [-0.25, -0.2) is 5.43 Å². The van der Waals surface area contributed by atoms with Crippen molar-refractivity contribution >= 4 is 12.1 Å². The lowest BCUT2D eigenvalue weighted by atomic mass is 10.1. The zero-order chi connectivity index (χ0) is 9.52. The lowest BCUT2D eigenvalue weighted by Crippen LogP contribution is -2.19. The Labute approximate surface area is 77.5 Å². The lowest BCUT2D eigenvalue weighted by molar-refractivity contribution is -0.120. The highest BCUT2D eigenvalue weighted by molar-refractivity contribution is 5.78. The first-order valence-corrected chi connectivity index (χ1v) is 4.13. The minimum absolute atomic E-state index is 0.0932. The Balaban J connectivity index is 2.46. The molecule has 0 aliphatic carbocycles. The summed E-state index contributed by atoms with van der Waals surface area (Å²) in [6.45, 7) is 1.75. The fourth-order valence-electron chi connectivity index (χ4n) is 0.957. The predicted octanol–water partition coefficient (Wildman–Crippen LogP) is 1.35. The maximum Gasteiger partial charge on any atom is 0.244 e. The number of hydrazone groups is 1. The van der Waals surface area contributed by atoms with Gasteiger partial charge >= 0.3 is 0 Å². The van der Waals surface area contributed by atoms with Crippen LogP contribution in [0.25, 0.3) is 0 Å². The molecule has 1 N–H and O–H groups in total. The van der Waals surface area contributed by atoms with E-state index >= 15 is 0 Å². The third kappa shape index (κ3) is 3.51. The molecule has 1 aromatic rings. The molecule has 0 spiro atoms. The molecular weight excluding hydrogens is 164 g/mol. The van der Waals surface area contributed by atoms with Gasteiger partial charge in [-0.1, -0.05) is 30.3 Å². The van der Waals surface area contributed by atoms with Gasteiger partial charge in [0, 0.05) is 6.21 Å². The molecule has 0 aliphatic heterocycles. The van der Waals surface area contributed by atoms with Crippen molar-refractivity contribution in [1.82, 2.24) is 5.43 Å². The molecule has 0 unspecified atom stereocenters. The molecule has 0 aliphatic rings. The Hall–Kier alpha value is -1.64. The zero-order valence-corrected chi connectivity index (χ0v) is 7.53. The predicted molar refractivity (Wildman–Crippen MR) is 52.5 cm³/mol. The van der Waals surface area contributed by atoms with Crippen molar-refractivity contribution in [2.45, 2.75) is 13.3 Å². The van der Waals surface area contributed by atoms with Gasteiger partial charge in [-0.2, -0.15) is 5.10 Å². The third-order valence-electron chi connectivity index (χ3n) is 1.53. The molecule has 1 rings (SSSR count). The monoisotopic (exact) mass is 176 g/mol. The first-order chi connectivity index (χ1) is 6.33. The summed E-state index contributed by atoms with van der Waals surface area (Å²) in [4.78, 5) is 11.1. The highest BCUT2D eigenvalue weighted by Gasteiger charge is 1.99. The molecule has 0 radical (unpaired) electrons. The van der Waals surface area contributed by atoms with Crippen LogP contribution in [0.5, 0.6) is 0 Å². The summed E-state index contributed by atoms with van der Waals surface area (Å²) in [7, 11) is 0. The van der Waals surface area contributed by atoms with Gasteiger partial charge in [0.25, 0.3) is 0 Å². The molecule has 1 aromatic carbocycles. The fourth-order valence-corrected chi connectivity index (χ4v) is 0.957. The molecular formula is C10H12N2O. The maximum atomic E-state index is 11.1. The highest BCUT2D eigenvalue weighted by Crippen LogP contribution is 1.98. The van der Waals surface area contributed by atoms with E-state index in [2.05, 4.69) is 10.5 Å². The Bertz CT molecular complexity index is 293. The number of carbonyl (C=O) groups excluding carboxylic acids is 1. The summed E-state index contributed by atoms with van der Waals surface area (Å²) in [6.07, 6.45) is 1.92. The standard InChI is InChI=1S/C10H12N2O/c1-2-11-12-10(13)8-9-6-4-3-5-7-9/h2-7H,8H2,1H3,(H,12,13)/b11-2-. The van der Waals surface area contributed by atoms with E-state index in [1.807, 2.05) is 30.3 Å². The summed E-state index contributed by atoms with van der Waals surface area (Å²) in [5, 5.41) is 3.64. The largest absolute Gasteiger partial charge is 0.273 e. The molecule has 3 nitrogen and oxygen atoms in total. The Morgan fingerprint density at radius 1 is 1.46 bits per heavy atom. The fraction of sp³-hybridized carbons (Fsp3) is 0.200. The summed E-state index contributed by atoms with van der Waals surface area (Å²) >= 11 is 0. The lowest BCUT2D eigenvalue weighted by Gasteiger charge is -1.98. The second kappa shape index (κ2) is 5.09. The number of nitrogens with zero attached hydrogens (tertiary/aromatic N) is 1. The van der Waals surface area contributed by atoms with Gasteiger partial charge in [0.15, 0.2) is 0 Å². The van der Waals surface area contributed by atoms with Crippen LogP contribution in [0.3, 0.4) is 0 Å². The SMILES string of the molecule is C/C=N\NC(=O)Cc1ccccc1. The first-order valence-electron chi connectivity index (χ1n) is 4.13. The van der Waals surface area contributed by atoms with Crippen LogP contribution in [-0.4, -0.2) is 12.1 Å². The van der Waals surface area contributed by atoms with Gasteiger partial charge in [-0.05, 0) is 12.5 Å². The topological polar surface area (TPSA) is 41.5 Å². The van der Waals surface area contributed by atoms with E-state index in [1.165, 1.54) is 0 Å². The molecule has 13 heavy (non-hydrogen) atoms. The van der Waals surface area contributed by atoms with Gasteiger partial charge in [0.2, 0.25) is 5.91 Å². The average Bonchev–Trinajstić information content (AvgIpc) is 2.16. The van der Waals surface area contributed by atoms with Crippen molar-refractivity contribution in [1.29, 1.82) is 0 Å². The average molecular weight is 176 g/mol. The Morgan fingerprint density at radius 3 is 2.77 bits per heavy atom. The van der Waals surface area contributed by atoms with Crippen LogP contribution in [0.4, 0.5) is 0 Å². The summed E-state index contributed by atoms with van der Waals surface area (Å²) in [5.41, 5.74) is 3.40. The van der Waals surface area contributed by atoms with E-state index in [-0.39, 0.29) is 5.91 Å². The van der Waals surface area contributed by atoms with Crippen molar-refractivity contribution in [3.63, 3.8) is 0 Å². The van der Waals surface area contributed by atoms with E-state index in [0.29, 0.717) is 6.42 Å². The molecule has 0 aromatic heterocycles. The molecule has 3 heteroatoms. The molecule has 1 amide bonds. The molecule has 0 atom stereocenters.